The highest BCUT2D eigenvalue weighted by Crippen LogP contribution is 2.51. The summed E-state index contributed by atoms with van der Waals surface area (Å²) in [6.07, 6.45) is 0. The highest BCUT2D eigenvalue weighted by atomic mass is 32.1. The minimum absolute atomic E-state index is 0.106. The van der Waals surface area contributed by atoms with Crippen LogP contribution < -0.4 is 9.47 Å². The minimum Gasteiger partial charge on any atom is -0.457 e. The second-order valence-electron chi connectivity index (χ2n) is 19.2. The van der Waals surface area contributed by atoms with Gasteiger partial charge < -0.3 is 19.7 Å². The molecule has 0 radical (unpaired) electrons. The molecule has 0 saturated carbocycles. The summed E-state index contributed by atoms with van der Waals surface area (Å²) in [7, 11) is 0. The fraction of sp³-hybridized carbons (Fsp3) is 0.0286. The molecule has 0 aliphatic rings. The predicted molar refractivity (Wildman–Crippen MR) is 319 cm³/mol. The maximum Gasteiger partial charge on any atom is 0.136 e. The Bertz CT molecular complexity index is 4260. The second kappa shape index (κ2) is 19.1. The van der Waals surface area contributed by atoms with Crippen LogP contribution in [0.2, 0.25) is 0 Å². The Kier molecular flexibility index (Phi) is 11.5. The summed E-state index contributed by atoms with van der Waals surface area (Å²) in [5, 5.41) is 30.2. The normalized spacial score (nSPS) is 11.7. The molecule has 2 aromatic heterocycles. The zero-order valence-electron chi connectivity index (χ0n) is 41.0. The molecule has 0 saturated heterocycles. The molecule has 2 N–H and O–H groups in total. The van der Waals surface area contributed by atoms with Crippen LogP contribution in [0.5, 0.6) is 23.0 Å². The van der Waals surface area contributed by atoms with Crippen LogP contribution in [0.4, 0.5) is 0 Å². The monoisotopic (exact) mass is 1010 g/mol. The molecule has 76 heavy (non-hydrogen) atoms. The number of hydrogen-bond acceptors (Lipinski definition) is 6. The van der Waals surface area contributed by atoms with E-state index in [4.69, 9.17) is 9.47 Å². The molecule has 0 bridgehead atoms. The average Bonchev–Trinajstić information content (AvgIpc) is 4.13. The van der Waals surface area contributed by atoms with E-state index in [-0.39, 0.29) is 13.2 Å². The van der Waals surface area contributed by atoms with Gasteiger partial charge in [0.2, 0.25) is 0 Å². The second-order valence-corrected chi connectivity index (χ2v) is 21.3. The Balaban J connectivity index is 1.01. The summed E-state index contributed by atoms with van der Waals surface area (Å²) in [4.78, 5) is 0. The zero-order valence-corrected chi connectivity index (χ0v) is 42.7. The summed E-state index contributed by atoms with van der Waals surface area (Å²) in [6, 6.07) is 84.8. The van der Waals surface area contributed by atoms with Gasteiger partial charge in [-0.1, -0.05) is 182 Å². The fourth-order valence-corrected chi connectivity index (χ4v) is 13.6. The van der Waals surface area contributed by atoms with E-state index >= 15 is 0 Å². The number of aliphatic hydroxyl groups excluding tert-OH is 2. The van der Waals surface area contributed by atoms with Crippen LogP contribution in [-0.2, 0) is 13.2 Å². The minimum atomic E-state index is -0.106. The Labute approximate surface area is 447 Å². The molecule has 0 aliphatic carbocycles. The van der Waals surface area contributed by atoms with Crippen molar-refractivity contribution in [3.8, 4) is 78.6 Å². The lowest BCUT2D eigenvalue weighted by Crippen LogP contribution is -1.97. The first-order chi connectivity index (χ1) is 37.6. The van der Waals surface area contributed by atoms with Crippen molar-refractivity contribution in [2.24, 2.45) is 0 Å². The lowest BCUT2D eigenvalue weighted by atomic mass is 9.89. The first kappa shape index (κ1) is 45.7. The lowest BCUT2D eigenvalue weighted by molar-refractivity contribution is 0.282. The number of aliphatic hydroxyl groups is 2. The van der Waals surface area contributed by atoms with Gasteiger partial charge in [0.05, 0.1) is 13.2 Å². The van der Waals surface area contributed by atoms with Crippen LogP contribution in [0.25, 0.3) is 118 Å². The molecule has 0 unspecified atom stereocenters. The smallest absolute Gasteiger partial charge is 0.136 e. The van der Waals surface area contributed by atoms with Crippen molar-refractivity contribution in [1.82, 2.24) is 0 Å². The topological polar surface area (TPSA) is 58.9 Å². The molecule has 0 spiro atoms. The molecule has 12 aromatic carbocycles. The van der Waals surface area contributed by atoms with E-state index in [9.17, 15) is 10.2 Å². The van der Waals surface area contributed by atoms with Crippen LogP contribution in [-0.4, -0.2) is 10.2 Å². The SMILES string of the molecule is OCc1ccc(Oc2ccc3cc(-c4cccc5c4sc4ccccc45)ccc3c2-c2c(Oc3ccc(CO)c(-c4ccccc4)c3)ccc3cc(-c4cccc5c4sc4ccccc45)ccc23)cc1-c1ccccc1. The van der Waals surface area contributed by atoms with Crippen molar-refractivity contribution >= 4 is 84.6 Å². The Morgan fingerprint density at radius 1 is 0.303 bits per heavy atom. The number of rotatable bonds is 11. The predicted octanol–water partition coefficient (Wildman–Crippen LogP) is 19.6. The maximum atomic E-state index is 10.5. The van der Waals surface area contributed by atoms with E-state index in [1.165, 1.54) is 51.5 Å². The van der Waals surface area contributed by atoms with Gasteiger partial charge in [-0.3, -0.25) is 0 Å². The third kappa shape index (κ3) is 7.98. The molecule has 0 atom stereocenters. The Hall–Kier alpha value is -8.88. The van der Waals surface area contributed by atoms with E-state index < -0.39 is 0 Å². The molecule has 4 nitrogen and oxygen atoms in total. The van der Waals surface area contributed by atoms with Gasteiger partial charge in [0.15, 0.2) is 0 Å². The van der Waals surface area contributed by atoms with Gasteiger partial charge in [0.1, 0.15) is 23.0 Å². The van der Waals surface area contributed by atoms with Crippen molar-refractivity contribution in [1.29, 1.82) is 0 Å². The largest absolute Gasteiger partial charge is 0.457 e. The number of hydrogen-bond donors (Lipinski definition) is 2. The molecule has 0 fully saturated rings. The van der Waals surface area contributed by atoms with Gasteiger partial charge in [0, 0.05) is 51.5 Å². The molecule has 14 aromatic rings. The molecular formula is C70H46O4S2. The van der Waals surface area contributed by atoms with Gasteiger partial charge >= 0.3 is 0 Å². The molecule has 362 valence electrons. The van der Waals surface area contributed by atoms with Crippen molar-refractivity contribution in [2.75, 3.05) is 0 Å². The van der Waals surface area contributed by atoms with Crippen molar-refractivity contribution in [2.45, 2.75) is 13.2 Å². The van der Waals surface area contributed by atoms with Crippen LogP contribution >= 0.6 is 22.7 Å². The first-order valence-electron chi connectivity index (χ1n) is 25.5. The number of thiophene rings is 2. The molecule has 2 heterocycles. The molecule has 6 heteroatoms. The first-order valence-corrected chi connectivity index (χ1v) is 27.1. The number of fused-ring (bicyclic) bond motifs is 8. The molecule has 14 rings (SSSR count). The fourth-order valence-electron chi connectivity index (χ4n) is 11.1. The van der Waals surface area contributed by atoms with Crippen molar-refractivity contribution in [3.63, 3.8) is 0 Å². The average molecular weight is 1020 g/mol. The molecular weight excluding hydrogens is 969 g/mol. The lowest BCUT2D eigenvalue weighted by Gasteiger charge is -2.21. The summed E-state index contributed by atoms with van der Waals surface area (Å²) >= 11 is 3.67. The molecule has 0 aliphatic heterocycles. The van der Waals surface area contributed by atoms with Gasteiger partial charge in [-0.25, -0.2) is 0 Å². The maximum absolute atomic E-state index is 10.5. The van der Waals surface area contributed by atoms with Gasteiger partial charge in [0.25, 0.3) is 0 Å². The Morgan fingerprint density at radius 3 is 1.17 bits per heavy atom. The van der Waals surface area contributed by atoms with Gasteiger partial charge in [-0.15, -0.1) is 22.7 Å². The van der Waals surface area contributed by atoms with Crippen molar-refractivity contribution < 1.29 is 19.7 Å². The number of ether oxygens (including phenoxy) is 2. The molecule has 0 amide bonds. The van der Waals surface area contributed by atoms with E-state index in [2.05, 4.69) is 170 Å². The van der Waals surface area contributed by atoms with E-state index in [0.29, 0.717) is 23.0 Å². The standard InChI is InChI=1S/C70H46O4S2/c71-41-49-25-31-51(39-61(49)43-13-3-1-4-14-43)73-63-35-29-45-37-47(55-19-11-21-59-57-17-7-9-23-65(57)75-69(55)59)27-33-53(45)67(63)68-54-34-28-48(56-20-12-22-60-58-18-8-10-24-66(58)76-70(56)60)38-46(54)30-36-64(68)74-52-32-26-50(42-72)62(40-52)44-15-5-2-6-16-44/h1-40,71-72H,41-42H2. The van der Waals surface area contributed by atoms with Crippen LogP contribution in [0.3, 0.4) is 0 Å². The quantitative estimate of drug-likeness (QED) is 0.136. The Morgan fingerprint density at radius 2 is 0.724 bits per heavy atom. The third-order valence-electron chi connectivity index (χ3n) is 14.8. The van der Waals surface area contributed by atoms with Gasteiger partial charge in [-0.05, 0) is 138 Å². The summed E-state index contributed by atoms with van der Waals surface area (Å²) < 4.78 is 19.5. The summed E-state index contributed by atoms with van der Waals surface area (Å²) in [5.74, 6) is 2.58. The zero-order chi connectivity index (χ0) is 50.7. The van der Waals surface area contributed by atoms with E-state index in [1.54, 1.807) is 0 Å². The van der Waals surface area contributed by atoms with Crippen LogP contribution in [0, 0.1) is 0 Å². The van der Waals surface area contributed by atoms with Crippen LogP contribution in [0.1, 0.15) is 11.1 Å². The third-order valence-corrected chi connectivity index (χ3v) is 17.2. The van der Waals surface area contributed by atoms with Crippen LogP contribution in [0.15, 0.2) is 243 Å². The highest BCUT2D eigenvalue weighted by Gasteiger charge is 2.23. The number of benzene rings is 12. The van der Waals surface area contributed by atoms with E-state index in [1.807, 2.05) is 95.5 Å². The summed E-state index contributed by atoms with van der Waals surface area (Å²) in [5.41, 5.74) is 11.8. The van der Waals surface area contributed by atoms with E-state index in [0.717, 1.165) is 77.2 Å². The summed E-state index contributed by atoms with van der Waals surface area (Å²) in [6.45, 7) is -0.213. The van der Waals surface area contributed by atoms with Crippen molar-refractivity contribution in [3.05, 3.63) is 254 Å². The highest BCUT2D eigenvalue weighted by molar-refractivity contribution is 7.26. The van der Waals surface area contributed by atoms with Gasteiger partial charge in [-0.2, -0.15) is 0 Å².